The molecule has 0 aliphatic carbocycles. The molecule has 140 valence electrons. The molecular weight excluding hydrogens is 406 g/mol. The molecule has 4 nitrogen and oxygen atoms in total. The molecule has 0 atom stereocenters. The minimum absolute atomic E-state index is 0.146. The zero-order chi connectivity index (χ0) is 19.2. The van der Waals surface area contributed by atoms with Gasteiger partial charge in [-0.2, -0.15) is 0 Å². The van der Waals surface area contributed by atoms with Crippen molar-refractivity contribution < 1.29 is 13.9 Å². The Morgan fingerprint density at radius 3 is 2.41 bits per heavy atom. The molecule has 0 unspecified atom stereocenters. The monoisotopic (exact) mass is 427 g/mol. The van der Waals surface area contributed by atoms with Crippen molar-refractivity contribution in [1.82, 2.24) is 5.32 Å². The normalized spacial score (nSPS) is 10.8. The highest BCUT2D eigenvalue weighted by Gasteiger charge is 2.09. The van der Waals surface area contributed by atoms with Crippen LogP contribution < -0.4 is 10.1 Å². The topological polar surface area (TPSA) is 51.5 Å². The molecule has 0 aliphatic heterocycles. The minimum Gasteiger partial charge on any atom is -0.493 e. The smallest absolute Gasteiger partial charge is 0.251 e. The van der Waals surface area contributed by atoms with Crippen LogP contribution in [0.1, 0.15) is 30.0 Å². The van der Waals surface area contributed by atoms with Crippen LogP contribution in [-0.4, -0.2) is 12.5 Å². The van der Waals surface area contributed by atoms with Gasteiger partial charge in [-0.05, 0) is 54.4 Å². The number of amides is 1. The van der Waals surface area contributed by atoms with E-state index in [0.29, 0.717) is 30.4 Å². The molecule has 0 bridgehead atoms. The van der Waals surface area contributed by atoms with Crippen LogP contribution >= 0.6 is 15.9 Å². The van der Waals surface area contributed by atoms with Crippen LogP contribution in [0.25, 0.3) is 11.3 Å². The second kappa shape index (κ2) is 8.91. The molecule has 27 heavy (non-hydrogen) atoms. The molecule has 0 fully saturated rings. The van der Waals surface area contributed by atoms with Gasteiger partial charge in [-0.15, -0.1) is 0 Å². The van der Waals surface area contributed by atoms with Gasteiger partial charge in [0.2, 0.25) is 0 Å². The van der Waals surface area contributed by atoms with Gasteiger partial charge in [-0.1, -0.05) is 41.9 Å². The third kappa shape index (κ3) is 5.47. The molecule has 3 rings (SSSR count). The van der Waals surface area contributed by atoms with Crippen LogP contribution in [0.3, 0.4) is 0 Å². The molecule has 1 heterocycles. The molecule has 0 saturated heterocycles. The number of rotatable bonds is 7. The summed E-state index contributed by atoms with van der Waals surface area (Å²) in [4.78, 5) is 12.3. The molecule has 0 radical (unpaired) electrons. The maximum Gasteiger partial charge on any atom is 0.251 e. The van der Waals surface area contributed by atoms with Crippen molar-refractivity contribution in [2.45, 2.75) is 20.4 Å². The predicted octanol–water partition coefficient (Wildman–Crippen LogP) is 5.67. The van der Waals surface area contributed by atoms with E-state index in [4.69, 9.17) is 9.15 Å². The van der Waals surface area contributed by atoms with Crippen LogP contribution in [0.4, 0.5) is 0 Å². The lowest BCUT2D eigenvalue weighted by molar-refractivity contribution is 0.0948. The zero-order valence-corrected chi connectivity index (χ0v) is 17.0. The van der Waals surface area contributed by atoms with Crippen molar-refractivity contribution in [3.8, 4) is 17.1 Å². The van der Waals surface area contributed by atoms with Gasteiger partial charge in [0, 0.05) is 15.6 Å². The molecule has 0 aliphatic rings. The molecule has 0 saturated carbocycles. The largest absolute Gasteiger partial charge is 0.493 e. The first-order chi connectivity index (χ1) is 13.0. The zero-order valence-electron chi connectivity index (χ0n) is 15.4. The Hall–Kier alpha value is -2.53. The first kappa shape index (κ1) is 19.2. The number of ether oxygens (including phenoxy) is 1. The summed E-state index contributed by atoms with van der Waals surface area (Å²) in [6, 6.07) is 18.8. The summed E-state index contributed by atoms with van der Waals surface area (Å²) in [7, 11) is 0. The number of nitrogens with one attached hydrogen (secondary N) is 1. The third-order valence-corrected chi connectivity index (χ3v) is 4.44. The minimum atomic E-state index is -0.146. The molecule has 2 aromatic carbocycles. The Morgan fingerprint density at radius 1 is 1.04 bits per heavy atom. The second-order valence-electron chi connectivity index (χ2n) is 6.68. The Balaban J connectivity index is 1.55. The van der Waals surface area contributed by atoms with Gasteiger partial charge >= 0.3 is 0 Å². The second-order valence-corrected chi connectivity index (χ2v) is 7.60. The summed E-state index contributed by atoms with van der Waals surface area (Å²) in [5, 5.41) is 2.88. The highest BCUT2D eigenvalue weighted by atomic mass is 79.9. The van der Waals surface area contributed by atoms with E-state index in [1.165, 1.54) is 0 Å². The Morgan fingerprint density at radius 2 is 1.74 bits per heavy atom. The number of hydrogen-bond acceptors (Lipinski definition) is 3. The third-order valence-electron chi connectivity index (χ3n) is 3.91. The van der Waals surface area contributed by atoms with E-state index in [1.54, 1.807) is 12.1 Å². The van der Waals surface area contributed by atoms with Crippen molar-refractivity contribution >= 4 is 21.8 Å². The molecule has 1 aromatic heterocycles. The fourth-order valence-electron chi connectivity index (χ4n) is 2.48. The van der Waals surface area contributed by atoms with Crippen LogP contribution in [0, 0.1) is 5.92 Å². The van der Waals surface area contributed by atoms with Crippen LogP contribution in [0.5, 0.6) is 5.75 Å². The number of carbonyl (C=O) groups is 1. The highest BCUT2D eigenvalue weighted by Crippen LogP contribution is 2.24. The van der Waals surface area contributed by atoms with E-state index in [-0.39, 0.29) is 5.91 Å². The van der Waals surface area contributed by atoms with Gasteiger partial charge in [0.1, 0.15) is 17.3 Å². The SMILES string of the molecule is CC(C)COc1ccc(C(=O)NCc2ccc(-c3ccc(Br)cc3)o2)cc1. The molecule has 1 N–H and O–H groups in total. The summed E-state index contributed by atoms with van der Waals surface area (Å²) in [5.74, 6) is 2.57. The fourth-order valence-corrected chi connectivity index (χ4v) is 2.74. The average Bonchev–Trinajstić information content (AvgIpc) is 3.14. The maximum absolute atomic E-state index is 12.3. The quantitative estimate of drug-likeness (QED) is 0.527. The van der Waals surface area contributed by atoms with Crippen LogP contribution in [-0.2, 0) is 6.54 Å². The fraction of sp³-hybridized carbons (Fsp3) is 0.227. The predicted molar refractivity (Wildman–Crippen MR) is 110 cm³/mol. The molecule has 1 amide bonds. The summed E-state index contributed by atoms with van der Waals surface area (Å²) >= 11 is 3.42. The lowest BCUT2D eigenvalue weighted by atomic mass is 10.2. The van der Waals surface area contributed by atoms with Crippen molar-refractivity contribution in [2.75, 3.05) is 6.61 Å². The van der Waals surface area contributed by atoms with Crippen LogP contribution in [0.15, 0.2) is 69.6 Å². The summed E-state index contributed by atoms with van der Waals surface area (Å²) in [5.41, 5.74) is 1.58. The molecule has 5 heteroatoms. The maximum atomic E-state index is 12.3. The van der Waals surface area contributed by atoms with Gasteiger partial charge in [0.15, 0.2) is 0 Å². The number of halogens is 1. The van der Waals surface area contributed by atoms with Gasteiger partial charge in [0.05, 0.1) is 13.2 Å². The van der Waals surface area contributed by atoms with Gasteiger partial charge in [0.25, 0.3) is 5.91 Å². The summed E-state index contributed by atoms with van der Waals surface area (Å²) in [6.45, 7) is 5.18. The highest BCUT2D eigenvalue weighted by molar-refractivity contribution is 9.10. The molecule has 3 aromatic rings. The number of carbonyl (C=O) groups excluding carboxylic acids is 1. The Labute approximate surface area is 167 Å². The van der Waals surface area contributed by atoms with Crippen molar-refractivity contribution in [3.05, 3.63) is 76.5 Å². The van der Waals surface area contributed by atoms with Crippen molar-refractivity contribution in [2.24, 2.45) is 5.92 Å². The van der Waals surface area contributed by atoms with Gasteiger partial charge in [-0.3, -0.25) is 4.79 Å². The summed E-state index contributed by atoms with van der Waals surface area (Å²) in [6.07, 6.45) is 0. The number of hydrogen-bond donors (Lipinski definition) is 1. The first-order valence-electron chi connectivity index (χ1n) is 8.87. The standard InChI is InChI=1S/C22H22BrNO3/c1-15(2)14-26-19-9-5-17(6-10-19)22(25)24-13-20-11-12-21(27-20)16-3-7-18(23)8-4-16/h3-12,15H,13-14H2,1-2H3,(H,24,25). The van der Waals surface area contributed by atoms with Crippen molar-refractivity contribution in [1.29, 1.82) is 0 Å². The Kier molecular flexibility index (Phi) is 6.35. The lowest BCUT2D eigenvalue weighted by Crippen LogP contribution is -2.22. The number of benzene rings is 2. The van der Waals surface area contributed by atoms with E-state index < -0.39 is 0 Å². The first-order valence-corrected chi connectivity index (χ1v) is 9.66. The van der Waals surface area contributed by atoms with Gasteiger partial charge in [-0.25, -0.2) is 0 Å². The van der Waals surface area contributed by atoms with E-state index >= 15 is 0 Å². The molecule has 0 spiro atoms. The van der Waals surface area contributed by atoms with E-state index in [9.17, 15) is 4.79 Å². The van der Waals surface area contributed by atoms with E-state index in [1.807, 2.05) is 48.5 Å². The van der Waals surface area contributed by atoms with E-state index in [0.717, 1.165) is 21.5 Å². The van der Waals surface area contributed by atoms with Gasteiger partial charge < -0.3 is 14.5 Å². The lowest BCUT2D eigenvalue weighted by Gasteiger charge is -2.09. The molecular formula is C22H22BrNO3. The Bertz CT molecular complexity index is 883. The number of furan rings is 1. The van der Waals surface area contributed by atoms with E-state index in [2.05, 4.69) is 35.1 Å². The average molecular weight is 428 g/mol. The van der Waals surface area contributed by atoms with Crippen molar-refractivity contribution in [3.63, 3.8) is 0 Å². The summed E-state index contributed by atoms with van der Waals surface area (Å²) < 4.78 is 12.5. The van der Waals surface area contributed by atoms with Crippen LogP contribution in [0.2, 0.25) is 0 Å².